The van der Waals surface area contributed by atoms with Gasteiger partial charge in [0.1, 0.15) is 5.75 Å². The molecule has 1 aromatic carbocycles. The van der Waals surface area contributed by atoms with E-state index in [1.54, 1.807) is 0 Å². The lowest BCUT2D eigenvalue weighted by Gasteiger charge is -2.11. The number of ketones is 1. The second kappa shape index (κ2) is 3.78. The van der Waals surface area contributed by atoms with Crippen molar-refractivity contribution in [3.63, 3.8) is 0 Å². The molecule has 0 heterocycles. The van der Waals surface area contributed by atoms with Gasteiger partial charge in [0, 0.05) is 6.42 Å². The van der Waals surface area contributed by atoms with Crippen molar-refractivity contribution in [1.29, 1.82) is 0 Å². The summed E-state index contributed by atoms with van der Waals surface area (Å²) in [6.45, 7) is 7.76. The van der Waals surface area contributed by atoms with E-state index in [9.17, 15) is 9.90 Å². The fraction of sp³-hybridized carbons (Fsp3) is 0.357. The molecule has 0 unspecified atom stereocenters. The normalized spacial score (nSPS) is 14.0. The minimum Gasteiger partial charge on any atom is -0.507 e. The van der Waals surface area contributed by atoms with Crippen molar-refractivity contribution in [2.75, 3.05) is 0 Å². The van der Waals surface area contributed by atoms with Gasteiger partial charge >= 0.3 is 0 Å². The van der Waals surface area contributed by atoms with Crippen LogP contribution < -0.4 is 0 Å². The summed E-state index contributed by atoms with van der Waals surface area (Å²) >= 11 is 0. The topological polar surface area (TPSA) is 37.3 Å². The second-order valence-corrected chi connectivity index (χ2v) is 4.61. The fourth-order valence-electron chi connectivity index (χ4n) is 2.36. The van der Waals surface area contributed by atoms with Gasteiger partial charge in [-0.15, -0.1) is 0 Å². The first kappa shape index (κ1) is 10.9. The molecule has 0 radical (unpaired) electrons. The molecule has 2 nitrogen and oxygen atoms in total. The first-order valence-electron chi connectivity index (χ1n) is 5.52. The molecule has 0 saturated carbocycles. The maximum absolute atomic E-state index is 11.7. The van der Waals surface area contributed by atoms with Crippen molar-refractivity contribution >= 4 is 5.78 Å². The molecule has 2 rings (SSSR count). The van der Waals surface area contributed by atoms with Crippen LogP contribution in [0.1, 0.15) is 40.4 Å². The molecule has 16 heavy (non-hydrogen) atoms. The molecular formula is C14H16O2. The molecule has 0 fully saturated rings. The van der Waals surface area contributed by atoms with E-state index in [4.69, 9.17) is 0 Å². The first-order valence-corrected chi connectivity index (χ1v) is 5.52. The Bertz CT molecular complexity index is 484. The maximum Gasteiger partial charge on any atom is 0.167 e. The first-order chi connectivity index (χ1) is 7.50. The Kier molecular flexibility index (Phi) is 2.58. The van der Waals surface area contributed by atoms with Crippen LogP contribution in [0.2, 0.25) is 0 Å². The summed E-state index contributed by atoms with van der Waals surface area (Å²) in [5.41, 5.74) is 4.48. The lowest BCUT2D eigenvalue weighted by atomic mass is 9.96. The van der Waals surface area contributed by atoms with E-state index < -0.39 is 0 Å². The standard InChI is InChI=1S/C14H16O2/c1-8(2)6-10-7-9(3)11-4-5-12(15)13(11)14(10)16/h7,16H,1,4-6H2,2-3H3. The van der Waals surface area contributed by atoms with Crippen molar-refractivity contribution in [2.45, 2.75) is 33.1 Å². The molecule has 1 aliphatic rings. The van der Waals surface area contributed by atoms with Crippen molar-refractivity contribution < 1.29 is 9.90 Å². The number of aromatic hydroxyl groups is 1. The predicted octanol–water partition coefficient (Wildman–Crippen LogP) is 2.95. The number of phenols is 1. The highest BCUT2D eigenvalue weighted by Crippen LogP contribution is 2.36. The summed E-state index contributed by atoms with van der Waals surface area (Å²) in [6.07, 6.45) is 1.93. The molecule has 0 saturated heterocycles. The van der Waals surface area contributed by atoms with Gasteiger partial charge in [-0.3, -0.25) is 4.79 Å². The summed E-state index contributed by atoms with van der Waals surface area (Å²) in [5.74, 6) is 0.241. The Labute approximate surface area is 95.6 Å². The van der Waals surface area contributed by atoms with Crippen LogP contribution in [0.25, 0.3) is 0 Å². The van der Waals surface area contributed by atoms with Crippen molar-refractivity contribution in [2.24, 2.45) is 0 Å². The highest BCUT2D eigenvalue weighted by molar-refractivity contribution is 6.03. The number of allylic oxidation sites excluding steroid dienone is 1. The number of hydrogen-bond acceptors (Lipinski definition) is 2. The third kappa shape index (κ3) is 1.64. The van der Waals surface area contributed by atoms with E-state index in [1.807, 2.05) is 19.9 Å². The van der Waals surface area contributed by atoms with E-state index in [-0.39, 0.29) is 11.5 Å². The van der Waals surface area contributed by atoms with Crippen LogP contribution in [0.15, 0.2) is 18.2 Å². The lowest BCUT2D eigenvalue weighted by Crippen LogP contribution is -1.99. The lowest BCUT2D eigenvalue weighted by molar-refractivity contribution is 0.0992. The highest BCUT2D eigenvalue weighted by Gasteiger charge is 2.26. The number of Topliss-reactive ketones (excluding diaryl/α,β-unsaturated/α-hetero) is 1. The summed E-state index contributed by atoms with van der Waals surface area (Å²) in [6, 6.07) is 1.97. The number of fused-ring (bicyclic) bond motifs is 1. The molecule has 0 bridgehead atoms. The second-order valence-electron chi connectivity index (χ2n) is 4.61. The Morgan fingerprint density at radius 2 is 2.19 bits per heavy atom. The summed E-state index contributed by atoms with van der Waals surface area (Å²) in [7, 11) is 0. The van der Waals surface area contributed by atoms with Gasteiger partial charge in [-0.25, -0.2) is 0 Å². The summed E-state index contributed by atoms with van der Waals surface area (Å²) < 4.78 is 0. The zero-order valence-corrected chi connectivity index (χ0v) is 9.76. The maximum atomic E-state index is 11.7. The van der Waals surface area contributed by atoms with Crippen molar-refractivity contribution in [1.82, 2.24) is 0 Å². The van der Waals surface area contributed by atoms with Gasteiger partial charge in [0.15, 0.2) is 5.78 Å². The van der Waals surface area contributed by atoms with E-state index >= 15 is 0 Å². The van der Waals surface area contributed by atoms with Crippen LogP contribution in [0.3, 0.4) is 0 Å². The Morgan fingerprint density at radius 3 is 2.81 bits per heavy atom. The summed E-state index contributed by atoms with van der Waals surface area (Å²) in [4.78, 5) is 11.7. The molecule has 0 spiro atoms. The largest absolute Gasteiger partial charge is 0.507 e. The third-order valence-electron chi connectivity index (χ3n) is 3.08. The highest BCUT2D eigenvalue weighted by atomic mass is 16.3. The zero-order chi connectivity index (χ0) is 11.9. The van der Waals surface area contributed by atoms with E-state index in [0.29, 0.717) is 18.4 Å². The van der Waals surface area contributed by atoms with E-state index in [2.05, 4.69) is 6.58 Å². The molecular weight excluding hydrogens is 200 g/mol. The average Bonchev–Trinajstić information content (AvgIpc) is 2.56. The van der Waals surface area contributed by atoms with Crippen LogP contribution in [0.5, 0.6) is 5.75 Å². The molecule has 1 N–H and O–H groups in total. The molecule has 1 aliphatic carbocycles. The molecule has 0 amide bonds. The van der Waals surface area contributed by atoms with Gasteiger partial charge in [0.2, 0.25) is 0 Å². The monoisotopic (exact) mass is 216 g/mol. The van der Waals surface area contributed by atoms with Gasteiger partial charge in [0.05, 0.1) is 5.56 Å². The minimum atomic E-state index is 0.0687. The fourth-order valence-corrected chi connectivity index (χ4v) is 2.36. The number of carbonyl (C=O) groups is 1. The number of rotatable bonds is 2. The van der Waals surface area contributed by atoms with Gasteiger partial charge in [-0.2, -0.15) is 0 Å². The predicted molar refractivity (Wildman–Crippen MR) is 64.0 cm³/mol. The minimum absolute atomic E-state index is 0.0687. The average molecular weight is 216 g/mol. The number of phenolic OH excluding ortho intramolecular Hbond substituents is 1. The SMILES string of the molecule is C=C(C)Cc1cc(C)c2c(c1O)C(=O)CC2. The van der Waals surface area contributed by atoms with E-state index in [1.165, 1.54) is 0 Å². The summed E-state index contributed by atoms with van der Waals surface area (Å²) in [5, 5.41) is 10.1. The van der Waals surface area contributed by atoms with Gasteiger partial charge < -0.3 is 5.11 Å². The molecule has 1 aromatic rings. The number of carbonyl (C=O) groups excluding carboxylic acids is 1. The molecule has 2 heteroatoms. The quantitative estimate of drug-likeness (QED) is 0.772. The van der Waals surface area contributed by atoms with Crippen LogP contribution in [-0.2, 0) is 12.8 Å². The van der Waals surface area contributed by atoms with Crippen LogP contribution >= 0.6 is 0 Å². The smallest absolute Gasteiger partial charge is 0.167 e. The van der Waals surface area contributed by atoms with Gasteiger partial charge in [-0.1, -0.05) is 18.2 Å². The Balaban J connectivity index is 2.59. The molecule has 84 valence electrons. The Morgan fingerprint density at radius 1 is 1.50 bits per heavy atom. The number of benzene rings is 1. The van der Waals surface area contributed by atoms with Gasteiger partial charge in [0.25, 0.3) is 0 Å². The van der Waals surface area contributed by atoms with Gasteiger partial charge in [-0.05, 0) is 43.4 Å². The number of aryl methyl sites for hydroxylation is 1. The Hall–Kier alpha value is -1.57. The zero-order valence-electron chi connectivity index (χ0n) is 9.76. The third-order valence-corrected chi connectivity index (χ3v) is 3.08. The molecule has 0 aromatic heterocycles. The van der Waals surface area contributed by atoms with Crippen LogP contribution in [0.4, 0.5) is 0 Å². The van der Waals surface area contributed by atoms with Crippen LogP contribution in [0, 0.1) is 6.92 Å². The van der Waals surface area contributed by atoms with E-state index in [0.717, 1.165) is 28.7 Å². The molecule has 0 aliphatic heterocycles. The van der Waals surface area contributed by atoms with Crippen molar-refractivity contribution in [3.8, 4) is 5.75 Å². The van der Waals surface area contributed by atoms with Crippen molar-refractivity contribution in [3.05, 3.63) is 40.5 Å². The number of hydrogen-bond donors (Lipinski definition) is 1. The van der Waals surface area contributed by atoms with Crippen LogP contribution in [-0.4, -0.2) is 10.9 Å². The molecule has 0 atom stereocenters.